The van der Waals surface area contributed by atoms with Crippen molar-refractivity contribution in [3.05, 3.63) is 0 Å². The van der Waals surface area contributed by atoms with Crippen LogP contribution in [0.2, 0.25) is 0 Å². The molecule has 0 bridgehead atoms. The minimum Gasteiger partial charge on any atom is -0.480 e. The minimum atomic E-state index is -1.15. The molecule has 0 unspecified atom stereocenters. The first kappa shape index (κ1) is 9.83. The van der Waals surface area contributed by atoms with Crippen molar-refractivity contribution in [3.8, 4) is 0 Å². The highest BCUT2D eigenvalue weighted by atomic mass is 16.4. The smallest absolute Gasteiger partial charge is 0.408 e. The Bertz CT molecular complexity index is 225. The van der Waals surface area contributed by atoms with Crippen LogP contribution in [0.4, 0.5) is 4.79 Å². The SMILES string of the molecule is CC1(C)C[C@@H](C(=O)O)N(C(=O)O)C1. The fraction of sp³-hybridized carbons (Fsp3) is 0.750. The van der Waals surface area contributed by atoms with E-state index in [0.717, 1.165) is 4.90 Å². The second-order valence-electron chi connectivity index (χ2n) is 4.13. The number of carboxylic acid groups (broad SMARTS) is 2. The Morgan fingerprint density at radius 2 is 1.92 bits per heavy atom. The van der Waals surface area contributed by atoms with Crippen LogP contribution in [0.3, 0.4) is 0 Å². The van der Waals surface area contributed by atoms with E-state index < -0.39 is 18.1 Å². The molecule has 1 fully saturated rings. The van der Waals surface area contributed by atoms with Crippen LogP contribution >= 0.6 is 0 Å². The molecular formula is C8H13NO4. The van der Waals surface area contributed by atoms with E-state index in [4.69, 9.17) is 10.2 Å². The van der Waals surface area contributed by atoms with Gasteiger partial charge in [-0.05, 0) is 11.8 Å². The van der Waals surface area contributed by atoms with Gasteiger partial charge in [0, 0.05) is 6.54 Å². The maximum absolute atomic E-state index is 10.7. The summed E-state index contributed by atoms with van der Waals surface area (Å²) in [4.78, 5) is 22.4. The molecular weight excluding hydrogens is 174 g/mol. The zero-order valence-electron chi connectivity index (χ0n) is 7.65. The number of aliphatic carboxylic acids is 1. The average molecular weight is 187 g/mol. The number of hydrogen-bond donors (Lipinski definition) is 2. The van der Waals surface area contributed by atoms with E-state index >= 15 is 0 Å². The second-order valence-corrected chi connectivity index (χ2v) is 4.13. The van der Waals surface area contributed by atoms with E-state index in [-0.39, 0.29) is 5.41 Å². The number of rotatable bonds is 1. The lowest BCUT2D eigenvalue weighted by Crippen LogP contribution is -2.39. The topological polar surface area (TPSA) is 77.8 Å². The summed E-state index contributed by atoms with van der Waals surface area (Å²) in [6.07, 6.45) is -0.771. The van der Waals surface area contributed by atoms with Crippen molar-refractivity contribution in [2.24, 2.45) is 5.41 Å². The number of nitrogens with zero attached hydrogens (tertiary/aromatic N) is 1. The van der Waals surface area contributed by atoms with Crippen molar-refractivity contribution >= 4 is 12.1 Å². The lowest BCUT2D eigenvalue weighted by Gasteiger charge is -2.18. The van der Waals surface area contributed by atoms with Gasteiger partial charge in [0.1, 0.15) is 6.04 Å². The molecule has 1 rings (SSSR count). The molecule has 0 saturated carbocycles. The Morgan fingerprint density at radius 3 is 2.23 bits per heavy atom. The molecule has 0 radical (unpaired) electrons. The molecule has 2 N–H and O–H groups in total. The fourth-order valence-corrected chi connectivity index (χ4v) is 1.69. The van der Waals surface area contributed by atoms with E-state index in [1.54, 1.807) is 0 Å². The molecule has 1 aliphatic heterocycles. The van der Waals surface area contributed by atoms with E-state index in [2.05, 4.69) is 0 Å². The lowest BCUT2D eigenvalue weighted by molar-refractivity contribution is -0.141. The van der Waals surface area contributed by atoms with E-state index in [9.17, 15) is 9.59 Å². The lowest BCUT2D eigenvalue weighted by atomic mass is 9.91. The fourth-order valence-electron chi connectivity index (χ4n) is 1.69. The maximum atomic E-state index is 10.7. The summed E-state index contributed by atoms with van der Waals surface area (Å²) in [6.45, 7) is 4.02. The summed E-state index contributed by atoms with van der Waals surface area (Å²) >= 11 is 0. The van der Waals surface area contributed by atoms with Crippen LogP contribution in [0.1, 0.15) is 20.3 Å². The van der Waals surface area contributed by atoms with Gasteiger partial charge in [-0.2, -0.15) is 0 Å². The third kappa shape index (κ3) is 1.91. The predicted octanol–water partition coefficient (Wildman–Crippen LogP) is 0.850. The molecule has 0 aromatic rings. The molecule has 74 valence electrons. The van der Waals surface area contributed by atoms with Crippen molar-refractivity contribution in [2.75, 3.05) is 6.54 Å². The Kier molecular flexibility index (Phi) is 2.19. The van der Waals surface area contributed by atoms with Crippen molar-refractivity contribution in [2.45, 2.75) is 26.3 Å². The zero-order valence-corrected chi connectivity index (χ0v) is 7.65. The normalized spacial score (nSPS) is 26.0. The molecule has 13 heavy (non-hydrogen) atoms. The van der Waals surface area contributed by atoms with Gasteiger partial charge in [0.25, 0.3) is 0 Å². The molecule has 5 nitrogen and oxygen atoms in total. The van der Waals surface area contributed by atoms with Crippen LogP contribution in [-0.2, 0) is 4.79 Å². The number of likely N-dealkylation sites (tertiary alicyclic amines) is 1. The monoisotopic (exact) mass is 187 g/mol. The molecule has 1 aliphatic rings. The summed E-state index contributed by atoms with van der Waals surface area (Å²) in [6, 6.07) is -0.882. The van der Waals surface area contributed by atoms with Gasteiger partial charge in [-0.25, -0.2) is 9.59 Å². The zero-order chi connectivity index (χ0) is 10.2. The van der Waals surface area contributed by atoms with Crippen molar-refractivity contribution in [1.29, 1.82) is 0 Å². The first-order valence-corrected chi connectivity index (χ1v) is 4.06. The minimum absolute atomic E-state index is 0.235. The van der Waals surface area contributed by atoms with Crippen LogP contribution in [0.5, 0.6) is 0 Å². The standard InChI is InChI=1S/C8H13NO4/c1-8(2)3-5(6(10)11)9(4-8)7(12)13/h5H,3-4H2,1-2H3,(H,10,11)(H,12,13)/t5-/m0/s1. The van der Waals surface area contributed by atoms with Crippen LogP contribution in [0.25, 0.3) is 0 Å². The molecule has 1 heterocycles. The third-order valence-electron chi connectivity index (χ3n) is 2.25. The number of amides is 1. The summed E-state index contributed by atoms with van der Waals surface area (Å²) < 4.78 is 0. The summed E-state index contributed by atoms with van der Waals surface area (Å²) in [5, 5.41) is 17.5. The maximum Gasteiger partial charge on any atom is 0.408 e. The van der Waals surface area contributed by atoms with E-state index in [1.807, 2.05) is 13.8 Å². The van der Waals surface area contributed by atoms with E-state index in [1.165, 1.54) is 0 Å². The highest BCUT2D eigenvalue weighted by Gasteiger charge is 2.43. The number of carboxylic acids is 1. The average Bonchev–Trinajstić information content (AvgIpc) is 2.26. The van der Waals surface area contributed by atoms with Gasteiger partial charge in [0.15, 0.2) is 0 Å². The van der Waals surface area contributed by atoms with Crippen LogP contribution < -0.4 is 0 Å². The van der Waals surface area contributed by atoms with Gasteiger partial charge in [0.05, 0.1) is 0 Å². The quantitative estimate of drug-likeness (QED) is 0.637. The predicted molar refractivity (Wildman–Crippen MR) is 44.6 cm³/mol. The number of carbonyl (C=O) groups is 2. The van der Waals surface area contributed by atoms with Crippen molar-refractivity contribution < 1.29 is 19.8 Å². The number of hydrogen-bond acceptors (Lipinski definition) is 2. The van der Waals surface area contributed by atoms with Gasteiger partial charge in [-0.15, -0.1) is 0 Å². The summed E-state index contributed by atoms with van der Waals surface area (Å²) in [7, 11) is 0. The largest absolute Gasteiger partial charge is 0.480 e. The van der Waals surface area contributed by atoms with Crippen LogP contribution in [0.15, 0.2) is 0 Å². The molecule has 0 spiro atoms. The van der Waals surface area contributed by atoms with Crippen LogP contribution in [-0.4, -0.2) is 39.8 Å². The van der Waals surface area contributed by atoms with Gasteiger partial charge in [0.2, 0.25) is 0 Å². The molecule has 1 atom stereocenters. The Labute approximate surface area is 76.0 Å². The highest BCUT2D eigenvalue weighted by molar-refractivity contribution is 5.80. The van der Waals surface area contributed by atoms with E-state index in [0.29, 0.717) is 13.0 Å². The summed E-state index contributed by atoms with van der Waals surface area (Å²) in [5.74, 6) is -1.06. The van der Waals surface area contributed by atoms with Gasteiger partial charge < -0.3 is 10.2 Å². The first-order chi connectivity index (χ1) is 5.83. The van der Waals surface area contributed by atoms with Gasteiger partial charge in [-0.1, -0.05) is 13.8 Å². The van der Waals surface area contributed by atoms with Gasteiger partial charge in [-0.3, -0.25) is 4.90 Å². The Morgan fingerprint density at radius 1 is 1.38 bits per heavy atom. The third-order valence-corrected chi connectivity index (χ3v) is 2.25. The second kappa shape index (κ2) is 2.90. The van der Waals surface area contributed by atoms with Gasteiger partial charge >= 0.3 is 12.1 Å². The Hall–Kier alpha value is -1.26. The highest BCUT2D eigenvalue weighted by Crippen LogP contribution is 2.33. The molecule has 0 aromatic heterocycles. The molecule has 1 saturated heterocycles. The molecule has 0 aromatic carbocycles. The molecule has 0 aliphatic carbocycles. The van der Waals surface area contributed by atoms with Crippen molar-refractivity contribution in [1.82, 2.24) is 4.90 Å². The molecule has 5 heteroatoms. The van der Waals surface area contributed by atoms with Crippen molar-refractivity contribution in [3.63, 3.8) is 0 Å². The Balaban J connectivity index is 2.83. The molecule has 1 amide bonds. The van der Waals surface area contributed by atoms with Crippen LogP contribution in [0, 0.1) is 5.41 Å². The first-order valence-electron chi connectivity index (χ1n) is 4.06. The summed E-state index contributed by atoms with van der Waals surface area (Å²) in [5.41, 5.74) is -0.235.